The zero-order valence-electron chi connectivity index (χ0n) is 14.7. The number of aromatic nitrogens is 2. The average Bonchev–Trinajstić information content (AvgIpc) is 2.88. The summed E-state index contributed by atoms with van der Waals surface area (Å²) in [6, 6.07) is 9.75. The predicted molar refractivity (Wildman–Crippen MR) is 100 cm³/mol. The number of rotatable bonds is 4. The first-order valence-corrected chi connectivity index (χ1v) is 8.83. The standard InChI is InChI=1S/C19H20N2O3S/c1-11-14(13-8-6-5-7-9-13)15-16(25-11)20-12(2)21(17(15)22)10-19(3,4)18(23)24/h5-9H,10H2,1-4H3,(H,23,24). The van der Waals surface area contributed by atoms with E-state index in [-0.39, 0.29) is 12.1 Å². The van der Waals surface area contributed by atoms with Gasteiger partial charge in [0, 0.05) is 17.0 Å². The smallest absolute Gasteiger partial charge is 0.310 e. The molecule has 0 aliphatic rings. The molecule has 2 aromatic heterocycles. The van der Waals surface area contributed by atoms with E-state index in [2.05, 4.69) is 4.98 Å². The first-order chi connectivity index (χ1) is 11.7. The van der Waals surface area contributed by atoms with Crippen molar-refractivity contribution in [2.75, 3.05) is 0 Å². The Labute approximate surface area is 149 Å². The first-order valence-electron chi connectivity index (χ1n) is 8.01. The molecule has 0 saturated heterocycles. The lowest BCUT2D eigenvalue weighted by atomic mass is 9.93. The molecular weight excluding hydrogens is 336 g/mol. The number of hydrogen-bond acceptors (Lipinski definition) is 4. The van der Waals surface area contributed by atoms with Crippen molar-refractivity contribution in [2.45, 2.75) is 34.2 Å². The molecule has 130 valence electrons. The Bertz CT molecular complexity index is 1020. The molecule has 0 unspecified atom stereocenters. The van der Waals surface area contributed by atoms with Crippen LogP contribution in [0.25, 0.3) is 21.3 Å². The van der Waals surface area contributed by atoms with Crippen molar-refractivity contribution in [2.24, 2.45) is 5.41 Å². The average molecular weight is 356 g/mol. The van der Waals surface area contributed by atoms with E-state index in [0.717, 1.165) is 16.0 Å². The SMILES string of the molecule is Cc1sc2nc(C)n(CC(C)(C)C(=O)O)c(=O)c2c1-c1ccccc1. The van der Waals surface area contributed by atoms with Gasteiger partial charge in [-0.05, 0) is 33.3 Å². The Morgan fingerprint density at radius 1 is 1.24 bits per heavy atom. The van der Waals surface area contributed by atoms with Crippen LogP contribution < -0.4 is 5.56 Å². The van der Waals surface area contributed by atoms with Gasteiger partial charge < -0.3 is 5.11 Å². The molecule has 3 aromatic rings. The van der Waals surface area contributed by atoms with Crippen LogP contribution in [0.15, 0.2) is 35.1 Å². The number of aliphatic carboxylic acids is 1. The number of fused-ring (bicyclic) bond motifs is 1. The van der Waals surface area contributed by atoms with Crippen molar-refractivity contribution in [3.8, 4) is 11.1 Å². The van der Waals surface area contributed by atoms with Crippen LogP contribution in [0.3, 0.4) is 0 Å². The molecule has 25 heavy (non-hydrogen) atoms. The van der Waals surface area contributed by atoms with Crippen molar-refractivity contribution < 1.29 is 9.90 Å². The first kappa shape index (κ1) is 17.4. The van der Waals surface area contributed by atoms with Crippen LogP contribution in [0.2, 0.25) is 0 Å². The largest absolute Gasteiger partial charge is 0.481 e. The van der Waals surface area contributed by atoms with Gasteiger partial charge in [-0.15, -0.1) is 11.3 Å². The molecule has 3 rings (SSSR count). The van der Waals surface area contributed by atoms with Gasteiger partial charge in [-0.2, -0.15) is 0 Å². The summed E-state index contributed by atoms with van der Waals surface area (Å²) in [5.74, 6) is -0.406. The third-order valence-corrected chi connectivity index (χ3v) is 5.37. The van der Waals surface area contributed by atoms with Gasteiger partial charge in [-0.3, -0.25) is 14.2 Å². The summed E-state index contributed by atoms with van der Waals surface area (Å²) in [5.41, 5.74) is 0.625. The minimum absolute atomic E-state index is 0.0824. The van der Waals surface area contributed by atoms with E-state index in [9.17, 15) is 14.7 Å². The van der Waals surface area contributed by atoms with Gasteiger partial charge in [-0.1, -0.05) is 30.3 Å². The molecule has 2 heterocycles. The maximum atomic E-state index is 13.2. The van der Waals surface area contributed by atoms with Gasteiger partial charge >= 0.3 is 5.97 Å². The number of carboxylic acids is 1. The van der Waals surface area contributed by atoms with Crippen molar-refractivity contribution in [1.29, 1.82) is 0 Å². The fraction of sp³-hybridized carbons (Fsp3) is 0.316. The molecule has 0 atom stereocenters. The van der Waals surface area contributed by atoms with Crippen LogP contribution in [0.5, 0.6) is 0 Å². The van der Waals surface area contributed by atoms with Crippen LogP contribution in [0.4, 0.5) is 0 Å². The number of carbonyl (C=O) groups is 1. The number of hydrogen-bond donors (Lipinski definition) is 1. The lowest BCUT2D eigenvalue weighted by molar-refractivity contribution is -0.147. The molecule has 0 spiro atoms. The summed E-state index contributed by atoms with van der Waals surface area (Å²) < 4.78 is 1.48. The molecule has 5 nitrogen and oxygen atoms in total. The Morgan fingerprint density at radius 2 is 1.88 bits per heavy atom. The molecule has 0 bridgehead atoms. The minimum Gasteiger partial charge on any atom is -0.481 e. The Hall–Kier alpha value is -2.47. The van der Waals surface area contributed by atoms with Gasteiger partial charge in [0.05, 0.1) is 10.8 Å². The summed E-state index contributed by atoms with van der Waals surface area (Å²) >= 11 is 1.49. The minimum atomic E-state index is -1.05. The Morgan fingerprint density at radius 3 is 2.48 bits per heavy atom. The molecule has 6 heteroatoms. The highest BCUT2D eigenvalue weighted by Gasteiger charge is 2.30. The van der Waals surface area contributed by atoms with Crippen LogP contribution >= 0.6 is 11.3 Å². The molecule has 0 saturated carbocycles. The molecule has 0 aliphatic heterocycles. The highest BCUT2D eigenvalue weighted by atomic mass is 32.1. The highest BCUT2D eigenvalue weighted by Crippen LogP contribution is 2.35. The number of nitrogens with zero attached hydrogens (tertiary/aromatic N) is 2. The Balaban J connectivity index is 2.29. The van der Waals surface area contributed by atoms with Gasteiger partial charge in [0.2, 0.25) is 0 Å². The molecule has 0 amide bonds. The molecule has 1 N–H and O–H groups in total. The number of thiophene rings is 1. The number of carboxylic acid groups (broad SMARTS) is 1. The van der Waals surface area contributed by atoms with E-state index in [1.54, 1.807) is 20.8 Å². The fourth-order valence-corrected chi connectivity index (χ4v) is 3.98. The maximum Gasteiger partial charge on any atom is 0.310 e. The molecule has 0 fully saturated rings. The zero-order valence-corrected chi connectivity index (χ0v) is 15.5. The number of aryl methyl sites for hydroxylation is 2. The highest BCUT2D eigenvalue weighted by molar-refractivity contribution is 7.19. The second kappa shape index (κ2) is 6.11. The second-order valence-corrected chi connectivity index (χ2v) is 8.02. The molecule has 1 aromatic carbocycles. The third kappa shape index (κ3) is 2.98. The number of benzene rings is 1. The van der Waals surface area contributed by atoms with Crippen molar-refractivity contribution in [1.82, 2.24) is 9.55 Å². The van der Waals surface area contributed by atoms with Gasteiger partial charge in [0.1, 0.15) is 10.7 Å². The van der Waals surface area contributed by atoms with Gasteiger partial charge in [-0.25, -0.2) is 4.98 Å². The summed E-state index contributed by atoms with van der Waals surface area (Å²) in [4.78, 5) is 31.0. The fourth-order valence-electron chi connectivity index (χ4n) is 2.90. The van der Waals surface area contributed by atoms with Crippen LogP contribution in [0, 0.1) is 19.3 Å². The predicted octanol–water partition coefficient (Wildman–Crippen LogP) is 3.85. The summed E-state index contributed by atoms with van der Waals surface area (Å²) in [6.45, 7) is 7.04. The normalized spacial score (nSPS) is 11.8. The van der Waals surface area contributed by atoms with E-state index in [1.807, 2.05) is 37.3 Å². The van der Waals surface area contributed by atoms with E-state index >= 15 is 0 Å². The Kier molecular flexibility index (Phi) is 4.24. The molecule has 0 radical (unpaired) electrons. The second-order valence-electron chi connectivity index (χ2n) is 6.82. The van der Waals surface area contributed by atoms with Crippen molar-refractivity contribution in [3.63, 3.8) is 0 Å². The van der Waals surface area contributed by atoms with E-state index in [4.69, 9.17) is 0 Å². The molecular formula is C19H20N2O3S. The monoisotopic (exact) mass is 356 g/mol. The topological polar surface area (TPSA) is 72.2 Å². The summed E-state index contributed by atoms with van der Waals surface area (Å²) in [7, 11) is 0. The van der Waals surface area contributed by atoms with Gasteiger partial charge in [0.15, 0.2) is 0 Å². The lowest BCUT2D eigenvalue weighted by Gasteiger charge is -2.21. The molecule has 0 aliphatic carbocycles. The summed E-state index contributed by atoms with van der Waals surface area (Å²) in [6.07, 6.45) is 0. The maximum absolute atomic E-state index is 13.2. The lowest BCUT2D eigenvalue weighted by Crippen LogP contribution is -2.35. The van der Waals surface area contributed by atoms with Crippen molar-refractivity contribution in [3.05, 3.63) is 51.4 Å². The van der Waals surface area contributed by atoms with Crippen LogP contribution in [-0.4, -0.2) is 20.6 Å². The van der Waals surface area contributed by atoms with E-state index < -0.39 is 11.4 Å². The van der Waals surface area contributed by atoms with Crippen molar-refractivity contribution >= 4 is 27.5 Å². The van der Waals surface area contributed by atoms with Gasteiger partial charge in [0.25, 0.3) is 5.56 Å². The van der Waals surface area contributed by atoms with Crippen LogP contribution in [-0.2, 0) is 11.3 Å². The van der Waals surface area contributed by atoms with E-state index in [0.29, 0.717) is 16.0 Å². The zero-order chi connectivity index (χ0) is 18.4. The quantitative estimate of drug-likeness (QED) is 0.771. The van der Waals surface area contributed by atoms with E-state index in [1.165, 1.54) is 15.9 Å². The summed E-state index contributed by atoms with van der Waals surface area (Å²) in [5, 5.41) is 9.97. The van der Waals surface area contributed by atoms with Crippen LogP contribution in [0.1, 0.15) is 24.5 Å². The third-order valence-electron chi connectivity index (χ3n) is 4.37.